The molecule has 2 aromatic rings. The zero-order valence-corrected chi connectivity index (χ0v) is 12.7. The minimum atomic E-state index is 0.480. The van der Waals surface area contributed by atoms with E-state index in [0.717, 1.165) is 42.7 Å². The Morgan fingerprint density at radius 3 is 2.80 bits per heavy atom. The molecule has 20 heavy (non-hydrogen) atoms. The van der Waals surface area contributed by atoms with Crippen LogP contribution in [0.1, 0.15) is 18.3 Å². The van der Waals surface area contributed by atoms with Crippen LogP contribution in [0.5, 0.6) is 0 Å². The first-order valence-corrected chi connectivity index (χ1v) is 7.76. The van der Waals surface area contributed by atoms with Crippen molar-refractivity contribution in [3.05, 3.63) is 35.4 Å². The lowest BCUT2D eigenvalue weighted by Gasteiger charge is -2.39. The Bertz CT molecular complexity index is 539. The molecule has 1 saturated heterocycles. The van der Waals surface area contributed by atoms with Gasteiger partial charge in [0.15, 0.2) is 5.13 Å². The molecule has 5 nitrogen and oxygen atoms in total. The fourth-order valence-corrected chi connectivity index (χ4v) is 3.32. The molecule has 6 heteroatoms. The van der Waals surface area contributed by atoms with Gasteiger partial charge in [0.2, 0.25) is 0 Å². The van der Waals surface area contributed by atoms with Gasteiger partial charge >= 0.3 is 0 Å². The summed E-state index contributed by atoms with van der Waals surface area (Å²) in [7, 11) is 0. The van der Waals surface area contributed by atoms with Crippen molar-refractivity contribution in [1.29, 1.82) is 0 Å². The third-order valence-corrected chi connectivity index (χ3v) is 4.41. The van der Waals surface area contributed by atoms with Crippen LogP contribution in [0.15, 0.2) is 24.0 Å². The molecule has 3 heterocycles. The third kappa shape index (κ3) is 2.96. The minimum absolute atomic E-state index is 0.480. The molecule has 0 saturated carbocycles. The summed E-state index contributed by atoms with van der Waals surface area (Å²) in [4.78, 5) is 18.0. The number of thiazole rings is 1. The molecular formula is C14H19N5S. The van der Waals surface area contributed by atoms with Crippen molar-refractivity contribution in [1.82, 2.24) is 19.9 Å². The van der Waals surface area contributed by atoms with Gasteiger partial charge in [-0.1, -0.05) is 0 Å². The second-order valence-electron chi connectivity index (χ2n) is 5.24. The maximum absolute atomic E-state index is 4.44. The van der Waals surface area contributed by atoms with E-state index in [-0.39, 0.29) is 0 Å². The van der Waals surface area contributed by atoms with Gasteiger partial charge in [0.25, 0.3) is 0 Å². The van der Waals surface area contributed by atoms with Gasteiger partial charge in [0.1, 0.15) is 0 Å². The summed E-state index contributed by atoms with van der Waals surface area (Å²) in [6, 6.07) is 0.480. The maximum atomic E-state index is 4.44. The molecule has 1 atom stereocenters. The van der Waals surface area contributed by atoms with Gasteiger partial charge < -0.3 is 4.90 Å². The van der Waals surface area contributed by atoms with Crippen molar-refractivity contribution in [2.75, 3.05) is 24.5 Å². The highest BCUT2D eigenvalue weighted by Crippen LogP contribution is 2.23. The lowest BCUT2D eigenvalue weighted by atomic mass is 10.2. The number of rotatable bonds is 3. The van der Waals surface area contributed by atoms with E-state index in [1.165, 1.54) is 0 Å². The van der Waals surface area contributed by atoms with E-state index < -0.39 is 0 Å². The average Bonchev–Trinajstić information content (AvgIpc) is 2.95. The summed E-state index contributed by atoms with van der Waals surface area (Å²) in [6.07, 6.45) is 5.60. The van der Waals surface area contributed by atoms with Gasteiger partial charge in [-0.2, -0.15) is 0 Å². The van der Waals surface area contributed by atoms with Crippen LogP contribution >= 0.6 is 11.3 Å². The summed E-state index contributed by atoms with van der Waals surface area (Å²) in [5.41, 5.74) is 2.02. The van der Waals surface area contributed by atoms with Crippen LogP contribution < -0.4 is 4.90 Å². The molecule has 1 aliphatic heterocycles. The lowest BCUT2D eigenvalue weighted by molar-refractivity contribution is 0.218. The number of aryl methyl sites for hydroxylation is 1. The van der Waals surface area contributed by atoms with Crippen LogP contribution in [-0.4, -0.2) is 45.5 Å². The van der Waals surface area contributed by atoms with Gasteiger partial charge in [0, 0.05) is 56.2 Å². The van der Waals surface area contributed by atoms with Crippen molar-refractivity contribution in [3.8, 4) is 0 Å². The molecule has 1 fully saturated rings. The highest BCUT2D eigenvalue weighted by Gasteiger charge is 2.25. The summed E-state index contributed by atoms with van der Waals surface area (Å²) < 4.78 is 0. The molecule has 0 radical (unpaired) electrons. The van der Waals surface area contributed by atoms with Gasteiger partial charge in [0.05, 0.1) is 11.4 Å². The molecule has 106 valence electrons. The molecule has 0 bridgehead atoms. The van der Waals surface area contributed by atoms with Gasteiger partial charge in [-0.15, -0.1) is 11.3 Å². The van der Waals surface area contributed by atoms with Crippen LogP contribution in [0.4, 0.5) is 5.13 Å². The van der Waals surface area contributed by atoms with Crippen LogP contribution in [-0.2, 0) is 6.54 Å². The molecule has 0 amide bonds. The average molecular weight is 289 g/mol. The van der Waals surface area contributed by atoms with Crippen LogP contribution in [0.25, 0.3) is 0 Å². The Morgan fingerprint density at radius 1 is 1.25 bits per heavy atom. The molecule has 0 unspecified atom stereocenters. The van der Waals surface area contributed by atoms with E-state index in [9.17, 15) is 0 Å². The smallest absolute Gasteiger partial charge is 0.185 e. The van der Waals surface area contributed by atoms with E-state index in [1.54, 1.807) is 11.3 Å². The minimum Gasteiger partial charge on any atom is -0.343 e. The number of anilines is 1. The number of nitrogens with zero attached hydrogens (tertiary/aromatic N) is 5. The SMILES string of the molecule is Cc1cnc(CN2CCN(c3nccs3)[C@H](C)C2)cn1. The molecule has 2 aromatic heterocycles. The monoisotopic (exact) mass is 289 g/mol. The molecule has 1 aliphatic rings. The standard InChI is InChI=1S/C14H19N5S/c1-11-7-17-13(8-16-11)10-18-4-5-19(12(2)9-18)14-15-3-6-20-14/h3,6-8,12H,4-5,9-10H2,1-2H3/t12-/m1/s1. The van der Waals surface area contributed by atoms with E-state index in [4.69, 9.17) is 0 Å². The lowest BCUT2D eigenvalue weighted by Crippen LogP contribution is -2.51. The quantitative estimate of drug-likeness (QED) is 0.864. The second-order valence-corrected chi connectivity index (χ2v) is 6.11. The number of hydrogen-bond donors (Lipinski definition) is 0. The molecule has 0 spiro atoms. The Balaban J connectivity index is 1.61. The van der Waals surface area contributed by atoms with Crippen LogP contribution in [0.2, 0.25) is 0 Å². The van der Waals surface area contributed by atoms with Crippen molar-refractivity contribution in [2.24, 2.45) is 0 Å². The van der Waals surface area contributed by atoms with Crippen LogP contribution in [0, 0.1) is 6.92 Å². The Hall–Kier alpha value is -1.53. The largest absolute Gasteiger partial charge is 0.343 e. The third-order valence-electron chi connectivity index (χ3n) is 3.60. The normalized spacial score (nSPS) is 20.3. The van der Waals surface area contributed by atoms with E-state index >= 15 is 0 Å². The highest BCUT2D eigenvalue weighted by molar-refractivity contribution is 7.13. The van der Waals surface area contributed by atoms with E-state index in [2.05, 4.69) is 31.7 Å². The zero-order chi connectivity index (χ0) is 13.9. The van der Waals surface area contributed by atoms with Crippen molar-refractivity contribution in [2.45, 2.75) is 26.4 Å². The Morgan fingerprint density at radius 2 is 2.15 bits per heavy atom. The predicted octanol–water partition coefficient (Wildman–Crippen LogP) is 1.95. The fraction of sp³-hybridized carbons (Fsp3) is 0.500. The first-order valence-electron chi connectivity index (χ1n) is 6.88. The first-order chi connectivity index (χ1) is 9.72. The summed E-state index contributed by atoms with van der Waals surface area (Å²) in [6.45, 7) is 8.20. The van der Waals surface area contributed by atoms with E-state index in [0.29, 0.717) is 6.04 Å². The molecular weight excluding hydrogens is 270 g/mol. The fourth-order valence-electron chi connectivity index (χ4n) is 2.55. The van der Waals surface area contributed by atoms with Crippen LogP contribution in [0.3, 0.4) is 0 Å². The van der Waals surface area contributed by atoms with Gasteiger partial charge in [-0.25, -0.2) is 4.98 Å². The van der Waals surface area contributed by atoms with Crippen molar-refractivity contribution in [3.63, 3.8) is 0 Å². The van der Waals surface area contributed by atoms with Gasteiger partial charge in [-0.3, -0.25) is 14.9 Å². The maximum Gasteiger partial charge on any atom is 0.185 e. The molecule has 0 aromatic carbocycles. The predicted molar refractivity (Wildman–Crippen MR) is 81.0 cm³/mol. The number of aromatic nitrogens is 3. The molecule has 0 N–H and O–H groups in total. The first kappa shape index (κ1) is 13.5. The van der Waals surface area contributed by atoms with Gasteiger partial charge in [-0.05, 0) is 13.8 Å². The number of hydrogen-bond acceptors (Lipinski definition) is 6. The topological polar surface area (TPSA) is 45.2 Å². The number of piperazine rings is 1. The Kier molecular flexibility index (Phi) is 3.93. The highest BCUT2D eigenvalue weighted by atomic mass is 32.1. The van der Waals surface area contributed by atoms with E-state index in [1.807, 2.05) is 30.9 Å². The summed E-state index contributed by atoms with van der Waals surface area (Å²) in [5.74, 6) is 0. The molecule has 0 aliphatic carbocycles. The zero-order valence-electron chi connectivity index (χ0n) is 11.9. The Labute approximate surface area is 123 Å². The second kappa shape index (κ2) is 5.85. The molecule has 3 rings (SSSR count). The van der Waals surface area contributed by atoms with Crippen molar-refractivity contribution >= 4 is 16.5 Å². The van der Waals surface area contributed by atoms with Crippen molar-refractivity contribution < 1.29 is 0 Å². The summed E-state index contributed by atoms with van der Waals surface area (Å²) >= 11 is 1.71. The summed E-state index contributed by atoms with van der Waals surface area (Å²) in [5, 5.41) is 3.17.